The van der Waals surface area contributed by atoms with Crippen LogP contribution >= 0.6 is 0 Å². The van der Waals surface area contributed by atoms with E-state index in [4.69, 9.17) is 4.74 Å². The van der Waals surface area contributed by atoms with Crippen LogP contribution in [0.2, 0.25) is 0 Å². The van der Waals surface area contributed by atoms with Gasteiger partial charge >= 0.3 is 0 Å². The van der Waals surface area contributed by atoms with Crippen molar-refractivity contribution in [2.75, 3.05) is 6.61 Å². The Kier molecular flexibility index (Phi) is 2.88. The highest BCUT2D eigenvalue weighted by Gasteiger charge is 2.65. The second kappa shape index (κ2) is 3.96. The van der Waals surface area contributed by atoms with Crippen molar-refractivity contribution in [2.45, 2.75) is 71.2 Å². The molecule has 0 radical (unpaired) electrons. The molecule has 0 amide bonds. The third-order valence-corrected chi connectivity index (χ3v) is 6.70. The normalized spacial score (nSPS) is 56.5. The Balaban J connectivity index is 2.04. The molecule has 19 heavy (non-hydrogen) atoms. The van der Waals surface area contributed by atoms with E-state index >= 15 is 0 Å². The molecular weight excluding hydrogens is 240 g/mol. The summed E-state index contributed by atoms with van der Waals surface area (Å²) in [6.07, 6.45) is 3.00. The van der Waals surface area contributed by atoms with E-state index in [0.29, 0.717) is 12.3 Å². The first-order valence-electron chi connectivity index (χ1n) is 7.72. The minimum atomic E-state index is -0.366. The van der Waals surface area contributed by atoms with Gasteiger partial charge in [-0.2, -0.15) is 0 Å². The summed E-state index contributed by atoms with van der Waals surface area (Å²) in [6, 6.07) is 0. The van der Waals surface area contributed by atoms with Gasteiger partial charge in [0.15, 0.2) is 0 Å². The molecule has 1 heterocycles. The van der Waals surface area contributed by atoms with Crippen LogP contribution in [-0.2, 0) is 4.74 Å². The van der Waals surface area contributed by atoms with Gasteiger partial charge in [0, 0.05) is 13.0 Å². The lowest BCUT2D eigenvalue weighted by atomic mass is 9.44. The highest BCUT2D eigenvalue weighted by atomic mass is 16.5. The van der Waals surface area contributed by atoms with Crippen LogP contribution in [0, 0.1) is 22.7 Å². The van der Waals surface area contributed by atoms with Crippen LogP contribution in [0.5, 0.6) is 0 Å². The average Bonchev–Trinajstić information content (AvgIpc) is 2.66. The molecule has 6 atom stereocenters. The zero-order valence-electron chi connectivity index (χ0n) is 12.6. The maximum absolute atomic E-state index is 10.7. The van der Waals surface area contributed by atoms with Crippen molar-refractivity contribution in [1.29, 1.82) is 0 Å². The number of rotatable bonds is 0. The zero-order valence-corrected chi connectivity index (χ0v) is 12.6. The maximum Gasteiger partial charge on any atom is 0.0713 e. The molecular formula is C16H28O3. The average molecular weight is 268 g/mol. The van der Waals surface area contributed by atoms with Crippen LogP contribution in [0.1, 0.15) is 53.4 Å². The summed E-state index contributed by atoms with van der Waals surface area (Å²) in [7, 11) is 0. The van der Waals surface area contributed by atoms with Crippen LogP contribution in [0.4, 0.5) is 0 Å². The number of hydrogen-bond acceptors (Lipinski definition) is 3. The van der Waals surface area contributed by atoms with Gasteiger partial charge < -0.3 is 14.9 Å². The van der Waals surface area contributed by atoms with Crippen LogP contribution in [-0.4, -0.2) is 34.6 Å². The minimum Gasteiger partial charge on any atom is -0.393 e. The van der Waals surface area contributed by atoms with E-state index in [0.717, 1.165) is 25.9 Å². The van der Waals surface area contributed by atoms with Gasteiger partial charge in [-0.25, -0.2) is 0 Å². The fourth-order valence-corrected chi connectivity index (χ4v) is 5.94. The fourth-order valence-electron chi connectivity index (χ4n) is 5.94. The van der Waals surface area contributed by atoms with E-state index in [-0.39, 0.29) is 34.6 Å². The Morgan fingerprint density at radius 2 is 1.74 bits per heavy atom. The molecule has 2 aliphatic carbocycles. The van der Waals surface area contributed by atoms with E-state index < -0.39 is 0 Å². The first kappa shape index (κ1) is 13.8. The Hall–Kier alpha value is -0.120. The van der Waals surface area contributed by atoms with Crippen LogP contribution in [0.15, 0.2) is 0 Å². The summed E-state index contributed by atoms with van der Waals surface area (Å²) >= 11 is 0. The molecule has 110 valence electrons. The number of fused-ring (bicyclic) bond motifs is 3. The van der Waals surface area contributed by atoms with Crippen molar-refractivity contribution < 1.29 is 14.9 Å². The fraction of sp³-hybridized carbons (Fsp3) is 1.00. The number of ether oxygens (including phenoxy) is 1. The molecule has 2 N–H and O–H groups in total. The molecule has 1 aliphatic heterocycles. The number of hydrogen-bond donors (Lipinski definition) is 2. The smallest absolute Gasteiger partial charge is 0.0713 e. The van der Waals surface area contributed by atoms with Crippen molar-refractivity contribution in [2.24, 2.45) is 22.7 Å². The van der Waals surface area contributed by atoms with Gasteiger partial charge in [-0.05, 0) is 48.9 Å². The molecule has 0 bridgehead atoms. The summed E-state index contributed by atoms with van der Waals surface area (Å²) in [5, 5.41) is 21.1. The van der Waals surface area contributed by atoms with E-state index in [1.165, 1.54) is 0 Å². The third-order valence-electron chi connectivity index (χ3n) is 6.70. The largest absolute Gasteiger partial charge is 0.393 e. The first-order valence-corrected chi connectivity index (χ1v) is 7.72. The summed E-state index contributed by atoms with van der Waals surface area (Å²) in [5.41, 5.74) is -0.287. The van der Waals surface area contributed by atoms with Gasteiger partial charge in [0.1, 0.15) is 0 Å². The van der Waals surface area contributed by atoms with Crippen LogP contribution in [0.3, 0.4) is 0 Å². The lowest BCUT2D eigenvalue weighted by Gasteiger charge is -2.63. The van der Waals surface area contributed by atoms with Crippen LogP contribution in [0.25, 0.3) is 0 Å². The van der Waals surface area contributed by atoms with Gasteiger partial charge in [0.25, 0.3) is 0 Å². The molecule has 0 aromatic rings. The van der Waals surface area contributed by atoms with E-state index in [2.05, 4.69) is 27.7 Å². The molecule has 3 rings (SSSR count). The van der Waals surface area contributed by atoms with Crippen molar-refractivity contribution in [1.82, 2.24) is 0 Å². The Labute approximate surface area is 116 Å². The Bertz CT molecular complexity index is 380. The molecule has 3 aliphatic rings. The van der Waals surface area contributed by atoms with Gasteiger partial charge in [0.2, 0.25) is 0 Å². The van der Waals surface area contributed by atoms with Gasteiger partial charge in [0.05, 0.1) is 17.8 Å². The molecule has 1 saturated heterocycles. The molecule has 2 saturated carbocycles. The molecule has 3 heteroatoms. The summed E-state index contributed by atoms with van der Waals surface area (Å²) in [4.78, 5) is 0. The topological polar surface area (TPSA) is 49.7 Å². The lowest BCUT2D eigenvalue weighted by molar-refractivity contribution is -0.221. The number of aliphatic hydroxyl groups is 2. The molecule has 3 nitrogen and oxygen atoms in total. The molecule has 0 aromatic carbocycles. The summed E-state index contributed by atoms with van der Waals surface area (Å²) in [6.45, 7) is 9.57. The number of aliphatic hydroxyl groups excluding tert-OH is 2. The Morgan fingerprint density at radius 1 is 1.05 bits per heavy atom. The Morgan fingerprint density at radius 3 is 2.42 bits per heavy atom. The van der Waals surface area contributed by atoms with Crippen molar-refractivity contribution in [3.05, 3.63) is 0 Å². The lowest BCUT2D eigenvalue weighted by Crippen LogP contribution is -2.64. The van der Waals surface area contributed by atoms with Gasteiger partial charge in [-0.1, -0.05) is 20.8 Å². The zero-order chi connectivity index (χ0) is 14.1. The van der Waals surface area contributed by atoms with Crippen molar-refractivity contribution in [3.63, 3.8) is 0 Å². The van der Waals surface area contributed by atoms with Crippen LogP contribution < -0.4 is 0 Å². The van der Waals surface area contributed by atoms with E-state index in [1.54, 1.807) is 0 Å². The quantitative estimate of drug-likeness (QED) is 0.709. The van der Waals surface area contributed by atoms with Gasteiger partial charge in [-0.15, -0.1) is 0 Å². The standard InChI is InChI=1S/C16H28O3/c1-14(2)12(18)5-7-15(3)11-6-8-19-16(11,4)9-10(17)13(14)15/h10-13,17-18H,5-9H2,1-4H3/t10-,11-,12+,13+,15-,16-/m1/s1. The third kappa shape index (κ3) is 1.68. The van der Waals surface area contributed by atoms with E-state index in [1.807, 2.05) is 0 Å². The predicted molar refractivity (Wildman–Crippen MR) is 73.7 cm³/mol. The first-order chi connectivity index (χ1) is 8.72. The second-order valence-corrected chi connectivity index (χ2v) is 8.13. The monoisotopic (exact) mass is 268 g/mol. The summed E-state index contributed by atoms with van der Waals surface area (Å²) in [5.74, 6) is 0.684. The predicted octanol–water partition coefficient (Wildman–Crippen LogP) is 2.35. The van der Waals surface area contributed by atoms with Crippen molar-refractivity contribution in [3.8, 4) is 0 Å². The second-order valence-electron chi connectivity index (χ2n) is 8.13. The van der Waals surface area contributed by atoms with Gasteiger partial charge in [-0.3, -0.25) is 0 Å². The van der Waals surface area contributed by atoms with Crippen molar-refractivity contribution >= 4 is 0 Å². The molecule has 0 unspecified atom stereocenters. The molecule has 0 aromatic heterocycles. The minimum absolute atomic E-state index is 0.0889. The highest BCUT2D eigenvalue weighted by molar-refractivity contribution is 5.14. The SMILES string of the molecule is CC1(C)[C@@H](O)CC[C@]2(C)[C@H]3CCO[C@]3(C)C[C@@H](O)[C@@H]12. The molecule has 0 spiro atoms. The van der Waals surface area contributed by atoms with E-state index in [9.17, 15) is 10.2 Å². The molecule has 3 fully saturated rings. The summed E-state index contributed by atoms with van der Waals surface area (Å²) < 4.78 is 6.00. The highest BCUT2D eigenvalue weighted by Crippen LogP contribution is 2.64. The maximum atomic E-state index is 10.7.